The molecular weight excluding hydrogens is 390 g/mol. The van der Waals surface area contributed by atoms with Gasteiger partial charge in [0.05, 0.1) is 15.9 Å². The Hall–Kier alpha value is -2.51. The van der Waals surface area contributed by atoms with Crippen molar-refractivity contribution in [2.45, 2.75) is 26.3 Å². The number of hydrogen-bond acceptors (Lipinski definition) is 6. The summed E-state index contributed by atoms with van der Waals surface area (Å²) in [6.45, 7) is 3.72. The van der Waals surface area contributed by atoms with Crippen molar-refractivity contribution < 1.29 is 23.9 Å². The van der Waals surface area contributed by atoms with Gasteiger partial charge in [0.25, 0.3) is 11.1 Å². The van der Waals surface area contributed by atoms with Crippen molar-refractivity contribution in [2.75, 3.05) is 0 Å². The summed E-state index contributed by atoms with van der Waals surface area (Å²) in [7, 11) is 0. The Labute approximate surface area is 164 Å². The Morgan fingerprint density at radius 2 is 2.07 bits per heavy atom. The van der Waals surface area contributed by atoms with Gasteiger partial charge in [0.1, 0.15) is 11.5 Å². The normalized spacial score (nSPS) is 17.0. The summed E-state index contributed by atoms with van der Waals surface area (Å²) < 4.78 is 5.68. The fourth-order valence-electron chi connectivity index (χ4n) is 2.59. The third-order valence-corrected chi connectivity index (χ3v) is 5.44. The number of hydrogen-bond donors (Lipinski definition) is 0. The Kier molecular flexibility index (Phi) is 5.43. The molecule has 1 fully saturated rings. The number of thioether (sulfide) groups is 1. The second kappa shape index (κ2) is 7.62. The second-order valence-electron chi connectivity index (χ2n) is 5.99. The van der Waals surface area contributed by atoms with Crippen molar-refractivity contribution in [3.8, 4) is 11.3 Å². The number of aromatic carboxylic acids is 1. The molecule has 1 aromatic carbocycles. The summed E-state index contributed by atoms with van der Waals surface area (Å²) in [5.74, 6) is -0.974. The predicted molar refractivity (Wildman–Crippen MR) is 101 cm³/mol. The van der Waals surface area contributed by atoms with Crippen LogP contribution in [0.5, 0.6) is 0 Å². The lowest BCUT2D eigenvalue weighted by Gasteiger charge is -2.19. The number of halogens is 1. The molecule has 0 bridgehead atoms. The Morgan fingerprint density at radius 3 is 2.74 bits per heavy atom. The van der Waals surface area contributed by atoms with Crippen LogP contribution in [0.3, 0.4) is 0 Å². The minimum atomic E-state index is -1.32. The van der Waals surface area contributed by atoms with Gasteiger partial charge in [-0.3, -0.25) is 14.5 Å². The zero-order valence-electron chi connectivity index (χ0n) is 14.5. The maximum absolute atomic E-state index is 12.5. The zero-order chi connectivity index (χ0) is 19.7. The van der Waals surface area contributed by atoms with E-state index in [0.717, 1.165) is 11.8 Å². The van der Waals surface area contributed by atoms with Crippen LogP contribution in [0.2, 0.25) is 5.02 Å². The zero-order valence-corrected chi connectivity index (χ0v) is 16.1. The van der Waals surface area contributed by atoms with Crippen LogP contribution < -0.4 is 5.11 Å². The van der Waals surface area contributed by atoms with Crippen LogP contribution >= 0.6 is 23.4 Å². The molecule has 0 aliphatic carbocycles. The molecule has 2 amide bonds. The molecule has 1 saturated heterocycles. The fourth-order valence-corrected chi connectivity index (χ4v) is 3.71. The van der Waals surface area contributed by atoms with E-state index in [0.29, 0.717) is 28.5 Å². The first-order chi connectivity index (χ1) is 12.8. The smallest absolute Gasteiger partial charge is 0.293 e. The van der Waals surface area contributed by atoms with Gasteiger partial charge in [-0.05, 0) is 54.9 Å². The van der Waals surface area contributed by atoms with Gasteiger partial charge in [0.2, 0.25) is 0 Å². The van der Waals surface area contributed by atoms with Crippen molar-refractivity contribution in [1.82, 2.24) is 4.90 Å². The molecule has 6 nitrogen and oxygen atoms in total. The number of benzene rings is 1. The van der Waals surface area contributed by atoms with Crippen molar-refractivity contribution in [3.63, 3.8) is 0 Å². The van der Waals surface area contributed by atoms with E-state index in [1.54, 1.807) is 12.1 Å². The molecule has 2 heterocycles. The molecule has 0 N–H and O–H groups in total. The molecule has 0 saturated carbocycles. The highest BCUT2D eigenvalue weighted by molar-refractivity contribution is 8.18. The number of carbonyl (C=O) groups excluding carboxylic acids is 3. The maximum Gasteiger partial charge on any atom is 0.293 e. The van der Waals surface area contributed by atoms with Gasteiger partial charge in [-0.15, -0.1) is 0 Å². The molecular formula is C19H15ClNO5S-. The molecule has 1 aliphatic rings. The molecule has 140 valence electrons. The number of imide groups is 1. The van der Waals surface area contributed by atoms with Gasteiger partial charge < -0.3 is 14.3 Å². The number of carbonyl (C=O) groups is 3. The lowest BCUT2D eigenvalue weighted by atomic mass is 10.1. The molecule has 1 aromatic heterocycles. The van der Waals surface area contributed by atoms with E-state index in [-0.39, 0.29) is 27.7 Å². The van der Waals surface area contributed by atoms with E-state index < -0.39 is 5.97 Å². The molecule has 27 heavy (non-hydrogen) atoms. The number of carboxylic acids is 1. The van der Waals surface area contributed by atoms with E-state index >= 15 is 0 Å². The minimum Gasteiger partial charge on any atom is -0.545 e. The highest BCUT2D eigenvalue weighted by Crippen LogP contribution is 2.36. The lowest BCUT2D eigenvalue weighted by molar-refractivity contribution is -0.255. The lowest BCUT2D eigenvalue weighted by Crippen LogP contribution is -2.36. The largest absolute Gasteiger partial charge is 0.545 e. The van der Waals surface area contributed by atoms with Crippen LogP contribution in [-0.4, -0.2) is 28.1 Å². The summed E-state index contributed by atoms with van der Waals surface area (Å²) >= 11 is 6.99. The molecule has 0 unspecified atom stereocenters. The van der Waals surface area contributed by atoms with Crippen molar-refractivity contribution in [1.29, 1.82) is 0 Å². The average molecular weight is 405 g/mol. The predicted octanol–water partition coefficient (Wildman–Crippen LogP) is 3.80. The molecule has 0 spiro atoms. The van der Waals surface area contributed by atoms with Crippen LogP contribution in [-0.2, 0) is 4.79 Å². The van der Waals surface area contributed by atoms with E-state index in [4.69, 9.17) is 16.0 Å². The van der Waals surface area contributed by atoms with Crippen molar-refractivity contribution in [2.24, 2.45) is 0 Å². The van der Waals surface area contributed by atoms with Gasteiger partial charge in [-0.25, -0.2) is 0 Å². The Morgan fingerprint density at radius 1 is 1.33 bits per heavy atom. The molecule has 0 radical (unpaired) electrons. The number of nitrogens with zero attached hydrogens (tertiary/aromatic N) is 1. The standard InChI is InChI=1S/C19H16ClNO5S/c1-3-10(2)21-17(22)16(27-19(21)25)9-12-5-7-15(26-12)13-8-11(18(23)24)4-6-14(13)20/h4-10H,3H2,1-2H3,(H,23,24)/p-1/b16-9+/t10-/m1/s1. The van der Waals surface area contributed by atoms with Gasteiger partial charge in [0, 0.05) is 17.7 Å². The number of carboxylic acid groups (broad SMARTS) is 1. The Bertz CT molecular complexity index is 965. The van der Waals surface area contributed by atoms with Crippen LogP contribution in [0.1, 0.15) is 36.4 Å². The van der Waals surface area contributed by atoms with E-state index in [2.05, 4.69) is 0 Å². The quantitative estimate of drug-likeness (QED) is 0.704. The summed E-state index contributed by atoms with van der Waals surface area (Å²) in [6.07, 6.45) is 2.16. The van der Waals surface area contributed by atoms with E-state index in [9.17, 15) is 19.5 Å². The first-order valence-electron chi connectivity index (χ1n) is 8.20. The highest BCUT2D eigenvalue weighted by atomic mass is 35.5. The summed E-state index contributed by atoms with van der Waals surface area (Å²) in [5, 5.41) is 11.0. The van der Waals surface area contributed by atoms with Crippen LogP contribution in [0.25, 0.3) is 17.4 Å². The topological polar surface area (TPSA) is 90.7 Å². The monoisotopic (exact) mass is 404 g/mol. The van der Waals surface area contributed by atoms with Crippen molar-refractivity contribution >= 4 is 46.6 Å². The van der Waals surface area contributed by atoms with E-state index in [1.165, 1.54) is 29.2 Å². The minimum absolute atomic E-state index is 0.0259. The van der Waals surface area contributed by atoms with Gasteiger partial charge in [-0.2, -0.15) is 0 Å². The molecule has 1 aliphatic heterocycles. The van der Waals surface area contributed by atoms with Gasteiger partial charge >= 0.3 is 0 Å². The number of rotatable bonds is 5. The average Bonchev–Trinajstić information content (AvgIpc) is 3.19. The van der Waals surface area contributed by atoms with Gasteiger partial charge in [0.15, 0.2) is 0 Å². The molecule has 8 heteroatoms. The SMILES string of the molecule is CC[C@@H](C)N1C(=O)S/C(=C/c2ccc(-c3cc(C(=O)[O-])ccc3Cl)o2)C1=O. The maximum atomic E-state index is 12.5. The van der Waals surface area contributed by atoms with Gasteiger partial charge in [-0.1, -0.05) is 24.6 Å². The second-order valence-corrected chi connectivity index (χ2v) is 7.39. The summed E-state index contributed by atoms with van der Waals surface area (Å²) in [4.78, 5) is 37.1. The summed E-state index contributed by atoms with van der Waals surface area (Å²) in [6, 6.07) is 7.20. The van der Waals surface area contributed by atoms with Crippen molar-refractivity contribution in [3.05, 3.63) is 51.6 Å². The number of furan rings is 1. The third kappa shape index (κ3) is 3.79. The van der Waals surface area contributed by atoms with Crippen LogP contribution in [0, 0.1) is 0 Å². The van der Waals surface area contributed by atoms with E-state index in [1.807, 2.05) is 13.8 Å². The molecule has 1 atom stereocenters. The summed E-state index contributed by atoms with van der Waals surface area (Å²) in [5.41, 5.74) is 0.368. The van der Waals surface area contributed by atoms with Crippen LogP contribution in [0.15, 0.2) is 39.7 Å². The Balaban J connectivity index is 1.90. The van der Waals surface area contributed by atoms with Crippen LogP contribution in [0.4, 0.5) is 4.79 Å². The number of amides is 2. The molecule has 3 rings (SSSR count). The fraction of sp³-hybridized carbons (Fsp3) is 0.211. The third-order valence-electron chi connectivity index (χ3n) is 4.22. The first kappa shape index (κ1) is 19.3. The molecule has 2 aromatic rings. The first-order valence-corrected chi connectivity index (χ1v) is 9.39. The highest BCUT2D eigenvalue weighted by Gasteiger charge is 2.37.